The molecular formula is C15H19N3O2S. The van der Waals surface area contributed by atoms with Crippen molar-refractivity contribution in [1.29, 1.82) is 0 Å². The van der Waals surface area contributed by atoms with Gasteiger partial charge in [-0.2, -0.15) is 0 Å². The molecule has 0 saturated carbocycles. The molecule has 2 heterocycles. The molecule has 21 heavy (non-hydrogen) atoms. The third-order valence-electron chi connectivity index (χ3n) is 3.96. The molecule has 0 saturated heterocycles. The fraction of sp³-hybridized carbons (Fsp3) is 0.533. The molecule has 112 valence electrons. The molecule has 0 spiro atoms. The number of aryl methyl sites for hydroxylation is 3. The van der Waals surface area contributed by atoms with Gasteiger partial charge in [-0.15, -0.1) is 11.3 Å². The molecule has 0 radical (unpaired) electrons. The van der Waals surface area contributed by atoms with E-state index < -0.39 is 0 Å². The van der Waals surface area contributed by atoms with Gasteiger partial charge in [-0.3, -0.25) is 14.2 Å². The summed E-state index contributed by atoms with van der Waals surface area (Å²) in [6.07, 6.45) is 4.98. The molecule has 0 atom stereocenters. The summed E-state index contributed by atoms with van der Waals surface area (Å²) in [7, 11) is 0. The lowest BCUT2D eigenvalue weighted by Crippen LogP contribution is -2.27. The van der Waals surface area contributed by atoms with E-state index >= 15 is 0 Å². The summed E-state index contributed by atoms with van der Waals surface area (Å²) in [5.74, 6) is 0.385. The minimum Gasteiger partial charge on any atom is -0.370 e. The quantitative estimate of drug-likeness (QED) is 0.914. The predicted molar refractivity (Wildman–Crippen MR) is 83.7 cm³/mol. The first-order valence-electron chi connectivity index (χ1n) is 7.44. The van der Waals surface area contributed by atoms with E-state index in [0.29, 0.717) is 6.54 Å². The van der Waals surface area contributed by atoms with Crippen molar-refractivity contribution in [3.63, 3.8) is 0 Å². The van der Waals surface area contributed by atoms with Crippen LogP contribution in [0.15, 0.2) is 4.79 Å². The second kappa shape index (κ2) is 5.60. The van der Waals surface area contributed by atoms with E-state index in [-0.39, 0.29) is 17.9 Å². The Hall–Kier alpha value is -1.69. The van der Waals surface area contributed by atoms with Crippen LogP contribution in [0.1, 0.15) is 42.5 Å². The normalized spacial score (nSPS) is 13.8. The molecule has 2 aromatic heterocycles. The van der Waals surface area contributed by atoms with Crippen molar-refractivity contribution < 1.29 is 4.79 Å². The number of hydrogen-bond donors (Lipinski definition) is 1. The summed E-state index contributed by atoms with van der Waals surface area (Å²) in [5, 5.41) is 0.775. The number of hydrogen-bond acceptors (Lipinski definition) is 4. The van der Waals surface area contributed by atoms with Crippen LogP contribution in [0.5, 0.6) is 0 Å². The Morgan fingerprint density at radius 1 is 1.43 bits per heavy atom. The van der Waals surface area contributed by atoms with Gasteiger partial charge in [-0.05, 0) is 31.2 Å². The van der Waals surface area contributed by atoms with Crippen molar-refractivity contribution >= 4 is 27.5 Å². The third-order valence-corrected chi connectivity index (χ3v) is 5.15. The van der Waals surface area contributed by atoms with Gasteiger partial charge in [0, 0.05) is 24.3 Å². The highest BCUT2D eigenvalue weighted by Gasteiger charge is 2.22. The topological polar surface area (TPSA) is 78.0 Å². The van der Waals surface area contributed by atoms with Gasteiger partial charge in [0.05, 0.1) is 5.39 Å². The first kappa shape index (κ1) is 14.3. The van der Waals surface area contributed by atoms with Gasteiger partial charge in [0.25, 0.3) is 5.56 Å². The maximum Gasteiger partial charge on any atom is 0.262 e. The van der Waals surface area contributed by atoms with E-state index in [1.54, 1.807) is 15.9 Å². The molecule has 0 bridgehead atoms. The smallest absolute Gasteiger partial charge is 0.262 e. The highest BCUT2D eigenvalue weighted by atomic mass is 32.1. The van der Waals surface area contributed by atoms with Crippen LogP contribution in [0, 0.1) is 0 Å². The molecule has 0 unspecified atom stereocenters. The fourth-order valence-electron chi connectivity index (χ4n) is 2.99. The molecule has 3 rings (SSSR count). The monoisotopic (exact) mass is 305 g/mol. The number of fused-ring (bicyclic) bond motifs is 3. The molecule has 2 aromatic rings. The van der Waals surface area contributed by atoms with E-state index in [2.05, 4.69) is 6.92 Å². The fourth-order valence-corrected chi connectivity index (χ4v) is 4.26. The lowest BCUT2D eigenvalue weighted by molar-refractivity contribution is -0.118. The van der Waals surface area contributed by atoms with E-state index in [1.165, 1.54) is 10.4 Å². The van der Waals surface area contributed by atoms with E-state index in [4.69, 9.17) is 10.7 Å². The molecule has 1 aliphatic rings. The lowest BCUT2D eigenvalue weighted by atomic mass is 10.2. The van der Waals surface area contributed by atoms with Crippen LogP contribution in [-0.2, 0) is 30.6 Å². The number of primary amides is 1. The van der Waals surface area contributed by atoms with Crippen molar-refractivity contribution in [2.75, 3.05) is 0 Å². The largest absolute Gasteiger partial charge is 0.370 e. The summed E-state index contributed by atoms with van der Waals surface area (Å²) in [4.78, 5) is 30.7. The molecule has 2 N–H and O–H groups in total. The van der Waals surface area contributed by atoms with E-state index in [9.17, 15) is 9.59 Å². The Bertz CT molecular complexity index is 760. The standard InChI is InChI=1S/C15H19N3O2S/c1-2-4-12-17-14-13(9-5-3-6-10(9)21-14)15(20)18(12)8-7-11(16)19/h2-8H2,1H3,(H2,16,19). The van der Waals surface area contributed by atoms with Crippen LogP contribution in [0.25, 0.3) is 10.2 Å². The Morgan fingerprint density at radius 2 is 2.24 bits per heavy atom. The molecule has 5 nitrogen and oxygen atoms in total. The second-order valence-corrected chi connectivity index (χ2v) is 6.57. The summed E-state index contributed by atoms with van der Waals surface area (Å²) >= 11 is 1.66. The Balaban J connectivity index is 2.17. The van der Waals surface area contributed by atoms with Crippen molar-refractivity contribution in [2.45, 2.75) is 52.0 Å². The summed E-state index contributed by atoms with van der Waals surface area (Å²) in [6.45, 7) is 2.39. The van der Waals surface area contributed by atoms with Gasteiger partial charge in [0.2, 0.25) is 5.91 Å². The molecular weight excluding hydrogens is 286 g/mol. The van der Waals surface area contributed by atoms with Gasteiger partial charge >= 0.3 is 0 Å². The van der Waals surface area contributed by atoms with Crippen molar-refractivity contribution in [2.24, 2.45) is 5.73 Å². The van der Waals surface area contributed by atoms with Crippen LogP contribution < -0.4 is 11.3 Å². The van der Waals surface area contributed by atoms with Gasteiger partial charge in [0.1, 0.15) is 10.7 Å². The Kier molecular flexibility index (Phi) is 3.80. The zero-order valence-electron chi connectivity index (χ0n) is 12.1. The number of aromatic nitrogens is 2. The number of amides is 1. The summed E-state index contributed by atoms with van der Waals surface area (Å²) < 4.78 is 1.65. The Morgan fingerprint density at radius 3 is 2.95 bits per heavy atom. The number of rotatable bonds is 5. The molecule has 0 aliphatic heterocycles. The van der Waals surface area contributed by atoms with Crippen LogP contribution in [0.2, 0.25) is 0 Å². The molecule has 0 fully saturated rings. The summed E-state index contributed by atoms with van der Waals surface area (Å²) in [6, 6.07) is 0. The first-order chi connectivity index (χ1) is 10.1. The zero-order valence-corrected chi connectivity index (χ0v) is 13.0. The van der Waals surface area contributed by atoms with Crippen LogP contribution >= 0.6 is 11.3 Å². The highest BCUT2D eigenvalue weighted by Crippen LogP contribution is 2.34. The first-order valence-corrected chi connectivity index (χ1v) is 8.25. The van der Waals surface area contributed by atoms with Crippen molar-refractivity contribution in [3.05, 3.63) is 26.6 Å². The maximum atomic E-state index is 12.8. The van der Waals surface area contributed by atoms with Gasteiger partial charge in [-0.25, -0.2) is 4.98 Å². The van der Waals surface area contributed by atoms with Crippen LogP contribution in [0.4, 0.5) is 0 Å². The molecule has 0 aromatic carbocycles. The third kappa shape index (κ3) is 2.48. The zero-order chi connectivity index (χ0) is 15.0. The maximum absolute atomic E-state index is 12.8. The van der Waals surface area contributed by atoms with Gasteiger partial charge in [0.15, 0.2) is 0 Å². The van der Waals surface area contributed by atoms with Crippen LogP contribution in [0.3, 0.4) is 0 Å². The van der Waals surface area contributed by atoms with E-state index in [1.807, 2.05) is 0 Å². The number of carbonyl (C=O) groups is 1. The molecule has 1 amide bonds. The highest BCUT2D eigenvalue weighted by molar-refractivity contribution is 7.18. The van der Waals surface area contributed by atoms with Crippen molar-refractivity contribution in [1.82, 2.24) is 9.55 Å². The average Bonchev–Trinajstić information content (AvgIpc) is 2.98. The van der Waals surface area contributed by atoms with Gasteiger partial charge < -0.3 is 5.73 Å². The number of thiophene rings is 1. The van der Waals surface area contributed by atoms with Crippen LogP contribution in [-0.4, -0.2) is 15.5 Å². The number of nitrogens with two attached hydrogens (primary N) is 1. The predicted octanol–water partition coefficient (Wildman–Crippen LogP) is 1.77. The molecule has 6 heteroatoms. The molecule has 1 aliphatic carbocycles. The minimum absolute atomic E-state index is 0.00380. The Labute approximate surface area is 126 Å². The van der Waals surface area contributed by atoms with Gasteiger partial charge in [-0.1, -0.05) is 6.92 Å². The number of nitrogens with zero attached hydrogens (tertiary/aromatic N) is 2. The summed E-state index contributed by atoms with van der Waals surface area (Å²) in [5.41, 5.74) is 6.41. The second-order valence-electron chi connectivity index (χ2n) is 5.49. The SMILES string of the molecule is CCCc1nc2sc3c(c2c(=O)n1CCC(N)=O)CCC3. The van der Waals surface area contributed by atoms with Crippen molar-refractivity contribution in [3.8, 4) is 0 Å². The minimum atomic E-state index is -0.389. The number of carbonyl (C=O) groups excluding carboxylic acids is 1. The average molecular weight is 305 g/mol. The lowest BCUT2D eigenvalue weighted by Gasteiger charge is -2.11. The van der Waals surface area contributed by atoms with E-state index in [0.717, 1.165) is 48.1 Å².